The van der Waals surface area contributed by atoms with Crippen molar-refractivity contribution in [3.63, 3.8) is 0 Å². The quantitative estimate of drug-likeness (QED) is 0.845. The third-order valence-corrected chi connectivity index (χ3v) is 3.51. The SMILES string of the molecule is O=C(CCc1ccccc1O)N1CCC[C@H]1CO. The summed E-state index contributed by atoms with van der Waals surface area (Å²) in [5, 5.41) is 18.8. The summed E-state index contributed by atoms with van der Waals surface area (Å²) < 4.78 is 0. The first kappa shape index (κ1) is 12.9. The van der Waals surface area contributed by atoms with E-state index >= 15 is 0 Å². The molecule has 2 rings (SSSR count). The van der Waals surface area contributed by atoms with Crippen molar-refractivity contribution in [3.05, 3.63) is 29.8 Å². The van der Waals surface area contributed by atoms with Gasteiger partial charge in [-0.05, 0) is 30.9 Å². The van der Waals surface area contributed by atoms with Gasteiger partial charge in [-0.3, -0.25) is 4.79 Å². The summed E-state index contributed by atoms with van der Waals surface area (Å²) in [7, 11) is 0. The van der Waals surface area contributed by atoms with Gasteiger partial charge in [-0.1, -0.05) is 18.2 Å². The molecule has 2 N–H and O–H groups in total. The van der Waals surface area contributed by atoms with Crippen molar-refractivity contribution in [1.29, 1.82) is 0 Å². The molecule has 0 unspecified atom stereocenters. The molecule has 1 aliphatic heterocycles. The number of aromatic hydroxyl groups is 1. The molecule has 1 aliphatic rings. The van der Waals surface area contributed by atoms with Gasteiger partial charge in [-0.25, -0.2) is 0 Å². The topological polar surface area (TPSA) is 60.8 Å². The van der Waals surface area contributed by atoms with Crippen LogP contribution in [0.25, 0.3) is 0 Å². The van der Waals surface area contributed by atoms with E-state index in [1.54, 1.807) is 17.0 Å². The Labute approximate surface area is 107 Å². The molecule has 18 heavy (non-hydrogen) atoms. The first-order valence-corrected chi connectivity index (χ1v) is 6.39. The van der Waals surface area contributed by atoms with Crippen LogP contribution >= 0.6 is 0 Å². The van der Waals surface area contributed by atoms with Crippen LogP contribution in [0.3, 0.4) is 0 Å². The highest BCUT2D eigenvalue weighted by atomic mass is 16.3. The lowest BCUT2D eigenvalue weighted by atomic mass is 10.1. The molecule has 0 bridgehead atoms. The fourth-order valence-electron chi connectivity index (χ4n) is 2.46. The van der Waals surface area contributed by atoms with Crippen LogP contribution in [0.5, 0.6) is 5.75 Å². The van der Waals surface area contributed by atoms with E-state index in [0.717, 1.165) is 24.9 Å². The predicted octanol–water partition coefficient (Wildman–Crippen LogP) is 1.31. The number of amides is 1. The van der Waals surface area contributed by atoms with E-state index in [1.165, 1.54) is 0 Å². The van der Waals surface area contributed by atoms with Crippen LogP contribution in [0.15, 0.2) is 24.3 Å². The lowest BCUT2D eigenvalue weighted by molar-refractivity contribution is -0.132. The minimum absolute atomic E-state index is 0.0122. The van der Waals surface area contributed by atoms with Crippen LogP contribution in [0, 0.1) is 0 Å². The van der Waals surface area contributed by atoms with Crippen molar-refractivity contribution in [1.82, 2.24) is 4.90 Å². The second kappa shape index (κ2) is 5.87. The number of likely N-dealkylation sites (tertiary alicyclic amines) is 1. The molecule has 0 aliphatic carbocycles. The average Bonchev–Trinajstić information content (AvgIpc) is 2.86. The molecule has 1 aromatic rings. The second-order valence-electron chi connectivity index (χ2n) is 4.69. The Bertz CT molecular complexity index is 419. The average molecular weight is 249 g/mol. The zero-order valence-electron chi connectivity index (χ0n) is 10.4. The molecule has 98 valence electrons. The minimum Gasteiger partial charge on any atom is -0.508 e. The number of para-hydroxylation sites is 1. The van der Waals surface area contributed by atoms with Gasteiger partial charge in [-0.2, -0.15) is 0 Å². The minimum atomic E-state index is -0.0122. The summed E-state index contributed by atoms with van der Waals surface area (Å²) in [5.74, 6) is 0.306. The van der Waals surface area contributed by atoms with Gasteiger partial charge in [0, 0.05) is 13.0 Å². The number of carbonyl (C=O) groups is 1. The van der Waals surface area contributed by atoms with Crippen LogP contribution < -0.4 is 0 Å². The van der Waals surface area contributed by atoms with E-state index in [-0.39, 0.29) is 24.3 Å². The van der Waals surface area contributed by atoms with E-state index in [2.05, 4.69) is 0 Å². The predicted molar refractivity (Wildman–Crippen MR) is 68.2 cm³/mol. The zero-order chi connectivity index (χ0) is 13.0. The molecule has 1 heterocycles. The number of aliphatic hydroxyl groups is 1. The lowest BCUT2D eigenvalue weighted by Gasteiger charge is -2.23. The van der Waals surface area contributed by atoms with Gasteiger partial charge < -0.3 is 15.1 Å². The molecule has 1 saturated heterocycles. The fraction of sp³-hybridized carbons (Fsp3) is 0.500. The normalized spacial score (nSPS) is 19.2. The number of phenolic OH excluding ortho intramolecular Hbond substituents is 1. The van der Waals surface area contributed by atoms with E-state index in [0.29, 0.717) is 12.8 Å². The Morgan fingerprint density at radius 1 is 1.39 bits per heavy atom. The van der Waals surface area contributed by atoms with E-state index in [1.807, 2.05) is 12.1 Å². The van der Waals surface area contributed by atoms with Gasteiger partial charge in [0.2, 0.25) is 5.91 Å². The van der Waals surface area contributed by atoms with Crippen molar-refractivity contribution in [2.24, 2.45) is 0 Å². The molecule has 1 fully saturated rings. The molecular formula is C14H19NO3. The molecule has 0 aromatic heterocycles. The van der Waals surface area contributed by atoms with Crippen LogP contribution in [0.4, 0.5) is 0 Å². The maximum atomic E-state index is 12.0. The summed E-state index contributed by atoms with van der Waals surface area (Å²) in [5.41, 5.74) is 0.797. The van der Waals surface area contributed by atoms with Gasteiger partial charge in [0.15, 0.2) is 0 Å². The maximum absolute atomic E-state index is 12.0. The molecule has 0 spiro atoms. The Hall–Kier alpha value is -1.55. The van der Waals surface area contributed by atoms with Crippen LogP contribution in [0.1, 0.15) is 24.8 Å². The Morgan fingerprint density at radius 3 is 2.89 bits per heavy atom. The highest BCUT2D eigenvalue weighted by Crippen LogP contribution is 2.21. The molecule has 1 atom stereocenters. The monoisotopic (exact) mass is 249 g/mol. The van der Waals surface area contributed by atoms with E-state index in [4.69, 9.17) is 0 Å². The Balaban J connectivity index is 1.90. The molecule has 0 radical (unpaired) electrons. The number of carbonyl (C=O) groups excluding carboxylic acids is 1. The molecular weight excluding hydrogens is 230 g/mol. The van der Waals surface area contributed by atoms with Crippen LogP contribution in [0.2, 0.25) is 0 Å². The summed E-state index contributed by atoms with van der Waals surface area (Å²) in [4.78, 5) is 13.8. The second-order valence-corrected chi connectivity index (χ2v) is 4.69. The third-order valence-electron chi connectivity index (χ3n) is 3.51. The van der Waals surface area contributed by atoms with Gasteiger partial charge in [0.05, 0.1) is 12.6 Å². The van der Waals surface area contributed by atoms with Crippen LogP contribution in [-0.4, -0.2) is 40.2 Å². The van der Waals surface area contributed by atoms with Crippen molar-refractivity contribution >= 4 is 5.91 Å². The van der Waals surface area contributed by atoms with Gasteiger partial charge >= 0.3 is 0 Å². The lowest BCUT2D eigenvalue weighted by Crippen LogP contribution is -2.37. The third kappa shape index (κ3) is 2.82. The number of phenols is 1. The fourth-order valence-corrected chi connectivity index (χ4v) is 2.46. The van der Waals surface area contributed by atoms with Crippen molar-refractivity contribution in [2.45, 2.75) is 31.7 Å². The summed E-state index contributed by atoms with van der Waals surface area (Å²) in [6, 6.07) is 7.07. The number of hydrogen-bond acceptors (Lipinski definition) is 3. The first-order chi connectivity index (χ1) is 8.72. The standard InChI is InChI=1S/C14H19NO3/c16-10-12-5-3-9-15(12)14(18)8-7-11-4-1-2-6-13(11)17/h1-2,4,6,12,16-17H,3,5,7-10H2/t12-/m0/s1. The molecule has 0 saturated carbocycles. The summed E-state index contributed by atoms with van der Waals surface area (Å²) in [6.07, 6.45) is 2.78. The molecule has 4 nitrogen and oxygen atoms in total. The Kier molecular flexibility index (Phi) is 4.20. The number of rotatable bonds is 4. The Morgan fingerprint density at radius 2 is 2.17 bits per heavy atom. The molecule has 1 amide bonds. The van der Waals surface area contributed by atoms with Crippen molar-refractivity contribution < 1.29 is 15.0 Å². The maximum Gasteiger partial charge on any atom is 0.223 e. The highest BCUT2D eigenvalue weighted by molar-refractivity contribution is 5.77. The van der Waals surface area contributed by atoms with E-state index < -0.39 is 0 Å². The number of nitrogens with zero attached hydrogens (tertiary/aromatic N) is 1. The highest BCUT2D eigenvalue weighted by Gasteiger charge is 2.27. The van der Waals surface area contributed by atoms with Gasteiger partial charge in [0.25, 0.3) is 0 Å². The zero-order valence-corrected chi connectivity index (χ0v) is 10.4. The van der Waals surface area contributed by atoms with Crippen LogP contribution in [-0.2, 0) is 11.2 Å². The number of benzene rings is 1. The van der Waals surface area contributed by atoms with Gasteiger partial charge in [-0.15, -0.1) is 0 Å². The first-order valence-electron chi connectivity index (χ1n) is 6.39. The van der Waals surface area contributed by atoms with E-state index in [9.17, 15) is 15.0 Å². The number of aryl methyl sites for hydroxylation is 1. The molecule has 1 aromatic carbocycles. The number of hydrogen-bond donors (Lipinski definition) is 2. The summed E-state index contributed by atoms with van der Waals surface area (Å²) in [6.45, 7) is 0.785. The van der Waals surface area contributed by atoms with Crippen molar-refractivity contribution in [2.75, 3.05) is 13.2 Å². The number of aliphatic hydroxyl groups excluding tert-OH is 1. The van der Waals surface area contributed by atoms with Gasteiger partial charge in [0.1, 0.15) is 5.75 Å². The summed E-state index contributed by atoms with van der Waals surface area (Å²) >= 11 is 0. The molecule has 4 heteroatoms. The largest absolute Gasteiger partial charge is 0.508 e. The van der Waals surface area contributed by atoms with Crippen molar-refractivity contribution in [3.8, 4) is 5.75 Å². The smallest absolute Gasteiger partial charge is 0.223 e.